The monoisotopic (exact) mass is 378 g/mol. The Balaban J connectivity index is 1.61. The van der Waals surface area contributed by atoms with Gasteiger partial charge in [-0.3, -0.25) is 4.79 Å². The van der Waals surface area contributed by atoms with Gasteiger partial charge in [0.2, 0.25) is 0 Å². The number of benzene rings is 1. The smallest absolute Gasteiger partial charge is 0.347 e. The maximum absolute atomic E-state index is 13.2. The Labute approximate surface area is 153 Å². The van der Waals surface area contributed by atoms with Gasteiger partial charge in [0.1, 0.15) is 11.7 Å². The minimum atomic E-state index is -4.57. The van der Waals surface area contributed by atoms with Crippen LogP contribution in [0.3, 0.4) is 0 Å². The molecule has 6 nitrogen and oxygen atoms in total. The number of pyridine rings is 1. The van der Waals surface area contributed by atoms with Gasteiger partial charge in [-0.15, -0.1) is 0 Å². The lowest BCUT2D eigenvalue weighted by atomic mass is 10.1. The third kappa shape index (κ3) is 4.75. The molecule has 1 unspecified atom stereocenters. The Morgan fingerprint density at radius 2 is 2.00 bits per heavy atom. The maximum atomic E-state index is 13.2. The largest absolute Gasteiger partial charge is 0.408 e. The van der Waals surface area contributed by atoms with Gasteiger partial charge in [-0.1, -0.05) is 30.3 Å². The zero-order valence-electron chi connectivity index (χ0n) is 14.1. The Bertz CT molecular complexity index is 840. The van der Waals surface area contributed by atoms with Crippen LogP contribution in [0.15, 0.2) is 42.6 Å². The summed E-state index contributed by atoms with van der Waals surface area (Å²) < 4.78 is 39.7. The number of carbonyl (C=O) groups is 2. The van der Waals surface area contributed by atoms with Crippen molar-refractivity contribution in [1.29, 1.82) is 0 Å². The van der Waals surface area contributed by atoms with E-state index in [4.69, 9.17) is 0 Å². The van der Waals surface area contributed by atoms with Crippen LogP contribution < -0.4 is 16.0 Å². The first-order chi connectivity index (χ1) is 12.8. The summed E-state index contributed by atoms with van der Waals surface area (Å²) in [6, 6.07) is 7.29. The second-order valence-corrected chi connectivity index (χ2v) is 6.13. The topological polar surface area (TPSA) is 83.1 Å². The molecule has 0 saturated heterocycles. The van der Waals surface area contributed by atoms with Crippen LogP contribution in [0, 0.1) is 0 Å². The number of nitrogens with one attached hydrogen (secondary N) is 3. The Morgan fingerprint density at radius 3 is 2.70 bits per heavy atom. The summed E-state index contributed by atoms with van der Waals surface area (Å²) in [6.07, 6.45) is -3.43. The number of urea groups is 1. The van der Waals surface area contributed by atoms with Crippen molar-refractivity contribution in [2.24, 2.45) is 0 Å². The van der Waals surface area contributed by atoms with E-state index in [1.54, 1.807) is 30.3 Å². The van der Waals surface area contributed by atoms with Crippen LogP contribution in [0.25, 0.3) is 0 Å². The predicted molar refractivity (Wildman–Crippen MR) is 92.2 cm³/mol. The average Bonchev–Trinajstić information content (AvgIpc) is 2.99. The summed E-state index contributed by atoms with van der Waals surface area (Å²) in [7, 11) is 0. The fourth-order valence-corrected chi connectivity index (χ4v) is 2.78. The molecule has 2 aromatic rings. The van der Waals surface area contributed by atoms with Gasteiger partial charge < -0.3 is 16.0 Å². The molecular formula is C18H17F3N4O2. The number of nitrogens with zero attached hydrogens (tertiary/aromatic N) is 1. The van der Waals surface area contributed by atoms with E-state index in [9.17, 15) is 22.8 Å². The molecule has 3 rings (SSSR count). The molecule has 142 valence electrons. The van der Waals surface area contributed by atoms with Gasteiger partial charge in [0.25, 0.3) is 5.91 Å². The Kier molecular flexibility index (Phi) is 5.29. The highest BCUT2D eigenvalue weighted by Crippen LogP contribution is 2.24. The zero-order chi connectivity index (χ0) is 19.4. The molecule has 0 aliphatic carbocycles. The number of carbonyl (C=O) groups excluding carboxylic acids is 2. The number of hydrogen-bond donors (Lipinski definition) is 3. The number of hydrogen-bond acceptors (Lipinski definition) is 3. The van der Waals surface area contributed by atoms with E-state index in [-0.39, 0.29) is 36.7 Å². The molecule has 3 N–H and O–H groups in total. The average molecular weight is 378 g/mol. The lowest BCUT2D eigenvalue weighted by Crippen LogP contribution is -2.47. The highest BCUT2D eigenvalue weighted by molar-refractivity contribution is 5.97. The first kappa shape index (κ1) is 18.7. The SMILES string of the molecule is O=C(Nc1cnc2c(c1)CNC2=O)NC(CCc1ccccc1)C(F)(F)F. The first-order valence-electron chi connectivity index (χ1n) is 8.28. The number of halogens is 3. The Hall–Kier alpha value is -3.10. The highest BCUT2D eigenvalue weighted by Gasteiger charge is 2.40. The molecule has 9 heteroatoms. The van der Waals surface area contributed by atoms with Crippen molar-refractivity contribution < 1.29 is 22.8 Å². The van der Waals surface area contributed by atoms with E-state index in [1.165, 1.54) is 12.3 Å². The minimum absolute atomic E-state index is 0.180. The lowest BCUT2D eigenvalue weighted by Gasteiger charge is -2.22. The van der Waals surface area contributed by atoms with Gasteiger partial charge in [-0.05, 0) is 24.5 Å². The number of fused-ring (bicyclic) bond motifs is 1. The number of aromatic nitrogens is 1. The maximum Gasteiger partial charge on any atom is 0.408 e. The minimum Gasteiger partial charge on any atom is -0.347 e. The molecule has 1 aromatic heterocycles. The molecule has 0 radical (unpaired) electrons. The fraction of sp³-hybridized carbons (Fsp3) is 0.278. The van der Waals surface area contributed by atoms with Crippen LogP contribution >= 0.6 is 0 Å². The number of alkyl halides is 3. The molecule has 1 atom stereocenters. The van der Waals surface area contributed by atoms with Gasteiger partial charge in [-0.25, -0.2) is 9.78 Å². The van der Waals surface area contributed by atoms with Crippen LogP contribution in [0.4, 0.5) is 23.7 Å². The molecule has 0 saturated carbocycles. The van der Waals surface area contributed by atoms with Gasteiger partial charge in [-0.2, -0.15) is 13.2 Å². The van der Waals surface area contributed by atoms with Crippen LogP contribution in [-0.2, 0) is 13.0 Å². The number of amides is 3. The number of aryl methyl sites for hydroxylation is 1. The van der Waals surface area contributed by atoms with Crippen molar-refractivity contribution in [3.8, 4) is 0 Å². The summed E-state index contributed by atoms with van der Waals surface area (Å²) in [4.78, 5) is 27.4. The van der Waals surface area contributed by atoms with Crippen LogP contribution in [0.5, 0.6) is 0 Å². The van der Waals surface area contributed by atoms with Crippen molar-refractivity contribution in [2.45, 2.75) is 31.6 Å². The highest BCUT2D eigenvalue weighted by atomic mass is 19.4. The van der Waals surface area contributed by atoms with E-state index >= 15 is 0 Å². The molecule has 1 aliphatic rings. The summed E-state index contributed by atoms with van der Waals surface area (Å²) in [5.74, 6) is -0.320. The zero-order valence-corrected chi connectivity index (χ0v) is 14.1. The summed E-state index contributed by atoms with van der Waals surface area (Å²) in [5, 5.41) is 6.87. The summed E-state index contributed by atoms with van der Waals surface area (Å²) in [5.41, 5.74) is 1.80. The van der Waals surface area contributed by atoms with E-state index in [0.29, 0.717) is 5.56 Å². The number of rotatable bonds is 5. The van der Waals surface area contributed by atoms with Crippen LogP contribution in [0.1, 0.15) is 28.0 Å². The molecule has 2 heterocycles. The second kappa shape index (κ2) is 7.65. The normalized spacial score (nSPS) is 14.3. The van der Waals surface area contributed by atoms with Crippen LogP contribution in [-0.4, -0.2) is 29.1 Å². The molecule has 3 amide bonds. The lowest BCUT2D eigenvalue weighted by molar-refractivity contribution is -0.154. The van der Waals surface area contributed by atoms with Gasteiger partial charge in [0, 0.05) is 12.1 Å². The van der Waals surface area contributed by atoms with Crippen molar-refractivity contribution in [2.75, 3.05) is 5.32 Å². The molecule has 1 aliphatic heterocycles. The van der Waals surface area contributed by atoms with E-state index < -0.39 is 18.2 Å². The third-order valence-electron chi connectivity index (χ3n) is 4.14. The number of anilines is 1. The predicted octanol–water partition coefficient (Wildman–Crippen LogP) is 3.01. The molecular weight excluding hydrogens is 361 g/mol. The van der Waals surface area contributed by atoms with Gasteiger partial charge in [0.05, 0.1) is 11.9 Å². The third-order valence-corrected chi connectivity index (χ3v) is 4.14. The van der Waals surface area contributed by atoms with E-state index in [0.717, 1.165) is 5.56 Å². The van der Waals surface area contributed by atoms with E-state index in [1.807, 2.05) is 5.32 Å². The van der Waals surface area contributed by atoms with E-state index in [2.05, 4.69) is 15.6 Å². The summed E-state index contributed by atoms with van der Waals surface area (Å²) in [6.45, 7) is 0.264. The summed E-state index contributed by atoms with van der Waals surface area (Å²) >= 11 is 0. The molecule has 0 spiro atoms. The van der Waals surface area contributed by atoms with Crippen molar-refractivity contribution in [3.63, 3.8) is 0 Å². The molecule has 1 aromatic carbocycles. The molecule has 27 heavy (non-hydrogen) atoms. The second-order valence-electron chi connectivity index (χ2n) is 6.13. The van der Waals surface area contributed by atoms with Crippen molar-refractivity contribution in [1.82, 2.24) is 15.6 Å². The Morgan fingerprint density at radius 1 is 1.26 bits per heavy atom. The fourth-order valence-electron chi connectivity index (χ4n) is 2.78. The first-order valence-corrected chi connectivity index (χ1v) is 8.28. The van der Waals surface area contributed by atoms with Gasteiger partial charge >= 0.3 is 12.2 Å². The standard InChI is InChI=1S/C18H17F3N4O2/c19-18(20,21)14(7-6-11-4-2-1-3-5-11)25-17(27)24-13-8-12-9-23-16(26)15(12)22-10-13/h1-5,8,10,14H,6-7,9H2,(H,23,26)(H2,24,25,27). The van der Waals surface area contributed by atoms with Crippen molar-refractivity contribution in [3.05, 3.63) is 59.4 Å². The quantitative estimate of drug-likeness (QED) is 0.748. The van der Waals surface area contributed by atoms with Crippen LogP contribution in [0.2, 0.25) is 0 Å². The molecule has 0 bridgehead atoms. The van der Waals surface area contributed by atoms with Crippen molar-refractivity contribution >= 4 is 17.6 Å². The van der Waals surface area contributed by atoms with Gasteiger partial charge in [0.15, 0.2) is 0 Å². The molecule has 0 fully saturated rings.